The molecule has 0 radical (unpaired) electrons. The molecule has 0 aliphatic carbocycles. The molecule has 25 heavy (non-hydrogen) atoms. The fourth-order valence-corrected chi connectivity index (χ4v) is 2.63. The predicted octanol–water partition coefficient (Wildman–Crippen LogP) is 2.50. The van der Waals surface area contributed by atoms with Gasteiger partial charge in [0.2, 0.25) is 0 Å². The van der Waals surface area contributed by atoms with Crippen molar-refractivity contribution in [1.29, 1.82) is 0 Å². The highest BCUT2D eigenvalue weighted by molar-refractivity contribution is 14.0. The molecule has 0 unspecified atom stereocenters. The van der Waals surface area contributed by atoms with Crippen LogP contribution in [0.25, 0.3) is 0 Å². The summed E-state index contributed by atoms with van der Waals surface area (Å²) in [7, 11) is 0. The van der Waals surface area contributed by atoms with Crippen molar-refractivity contribution >= 4 is 29.9 Å². The Balaban J connectivity index is 0.00000312. The molecule has 0 atom stereocenters. The molecule has 1 aliphatic rings. The highest BCUT2D eigenvalue weighted by atomic mass is 127. The standard InChI is InChI=1S/C18H32N4O2.HI/c1-2-3-8-19-18(21-10-7-17-6-4-14-24-17)20-9-5-11-22-12-15-23-16-13-22;/h4,6,14H,2-3,5,7-13,15-16H2,1H3,(H2,19,20,21);1H. The summed E-state index contributed by atoms with van der Waals surface area (Å²) in [4.78, 5) is 7.16. The molecule has 0 spiro atoms. The molecule has 7 heteroatoms. The minimum atomic E-state index is 0. The van der Waals surface area contributed by atoms with Crippen LogP contribution in [0.4, 0.5) is 0 Å². The molecular weight excluding hydrogens is 431 g/mol. The zero-order chi connectivity index (χ0) is 16.9. The largest absolute Gasteiger partial charge is 0.469 e. The number of rotatable bonds is 10. The molecule has 144 valence electrons. The van der Waals surface area contributed by atoms with Gasteiger partial charge in [-0.3, -0.25) is 9.89 Å². The molecule has 1 saturated heterocycles. The smallest absolute Gasteiger partial charge is 0.191 e. The minimum absolute atomic E-state index is 0. The van der Waals surface area contributed by atoms with E-state index >= 15 is 0 Å². The van der Waals surface area contributed by atoms with Gasteiger partial charge in [0.15, 0.2) is 5.96 Å². The second kappa shape index (κ2) is 14.4. The summed E-state index contributed by atoms with van der Waals surface area (Å²) >= 11 is 0. The number of ether oxygens (including phenoxy) is 1. The molecule has 0 saturated carbocycles. The molecule has 2 heterocycles. The number of halogens is 1. The molecular formula is C18H33IN4O2. The Labute approximate surface area is 168 Å². The lowest BCUT2D eigenvalue weighted by molar-refractivity contribution is 0.0377. The zero-order valence-corrected chi connectivity index (χ0v) is 17.7. The summed E-state index contributed by atoms with van der Waals surface area (Å²) in [6.45, 7) is 9.76. The van der Waals surface area contributed by atoms with Gasteiger partial charge in [0.05, 0.1) is 19.5 Å². The van der Waals surface area contributed by atoms with Crippen LogP contribution in [0.3, 0.4) is 0 Å². The first-order valence-corrected chi connectivity index (χ1v) is 9.23. The molecule has 2 N–H and O–H groups in total. The monoisotopic (exact) mass is 464 g/mol. The molecule has 0 amide bonds. The first kappa shape index (κ1) is 22.2. The summed E-state index contributed by atoms with van der Waals surface area (Å²) in [5.41, 5.74) is 0. The van der Waals surface area contributed by atoms with Crippen LogP contribution in [-0.4, -0.2) is 63.3 Å². The number of unbranched alkanes of at least 4 members (excludes halogenated alkanes) is 1. The van der Waals surface area contributed by atoms with E-state index in [0.717, 1.165) is 83.5 Å². The van der Waals surface area contributed by atoms with E-state index in [1.807, 2.05) is 12.1 Å². The van der Waals surface area contributed by atoms with E-state index in [4.69, 9.17) is 14.1 Å². The normalized spacial score (nSPS) is 15.6. The Hall–Kier alpha value is -0.800. The molecule has 0 bridgehead atoms. The third kappa shape index (κ3) is 10.1. The van der Waals surface area contributed by atoms with Crippen LogP contribution in [0.15, 0.2) is 27.8 Å². The average Bonchev–Trinajstić information content (AvgIpc) is 3.13. The number of hydrogen-bond donors (Lipinski definition) is 2. The van der Waals surface area contributed by atoms with Crippen LogP contribution >= 0.6 is 24.0 Å². The van der Waals surface area contributed by atoms with Crippen molar-refractivity contribution in [2.45, 2.75) is 32.6 Å². The number of furan rings is 1. The first-order valence-electron chi connectivity index (χ1n) is 9.23. The van der Waals surface area contributed by atoms with E-state index in [9.17, 15) is 0 Å². The van der Waals surface area contributed by atoms with E-state index in [0.29, 0.717) is 0 Å². The van der Waals surface area contributed by atoms with E-state index < -0.39 is 0 Å². The van der Waals surface area contributed by atoms with Crippen molar-refractivity contribution in [2.75, 3.05) is 52.5 Å². The van der Waals surface area contributed by atoms with Crippen molar-refractivity contribution in [2.24, 2.45) is 4.99 Å². The van der Waals surface area contributed by atoms with Gasteiger partial charge in [0.1, 0.15) is 5.76 Å². The second-order valence-corrected chi connectivity index (χ2v) is 6.07. The Bertz CT molecular complexity index is 448. The van der Waals surface area contributed by atoms with E-state index in [1.165, 1.54) is 6.42 Å². The Morgan fingerprint density at radius 2 is 2.00 bits per heavy atom. The van der Waals surface area contributed by atoms with Crippen LogP contribution < -0.4 is 10.6 Å². The minimum Gasteiger partial charge on any atom is -0.469 e. The highest BCUT2D eigenvalue weighted by Crippen LogP contribution is 2.00. The van der Waals surface area contributed by atoms with Gasteiger partial charge >= 0.3 is 0 Å². The van der Waals surface area contributed by atoms with Crippen LogP contribution in [0.5, 0.6) is 0 Å². The maximum absolute atomic E-state index is 5.38. The molecule has 1 aromatic rings. The van der Waals surface area contributed by atoms with E-state index in [2.05, 4.69) is 22.5 Å². The number of guanidine groups is 1. The number of nitrogens with zero attached hydrogens (tertiary/aromatic N) is 2. The van der Waals surface area contributed by atoms with Crippen molar-refractivity contribution in [3.05, 3.63) is 24.2 Å². The van der Waals surface area contributed by atoms with Gasteiger partial charge in [-0.1, -0.05) is 13.3 Å². The summed E-state index contributed by atoms with van der Waals surface area (Å²) in [6.07, 6.45) is 6.01. The molecule has 2 rings (SSSR count). The molecule has 1 fully saturated rings. The summed E-state index contributed by atoms with van der Waals surface area (Å²) < 4.78 is 10.7. The Morgan fingerprint density at radius 1 is 1.20 bits per heavy atom. The summed E-state index contributed by atoms with van der Waals surface area (Å²) in [6, 6.07) is 3.93. The van der Waals surface area contributed by atoms with Gasteiger partial charge in [0.25, 0.3) is 0 Å². The van der Waals surface area contributed by atoms with Crippen molar-refractivity contribution in [3.8, 4) is 0 Å². The fourth-order valence-electron chi connectivity index (χ4n) is 2.63. The fraction of sp³-hybridized carbons (Fsp3) is 0.722. The molecule has 1 aromatic heterocycles. The predicted molar refractivity (Wildman–Crippen MR) is 113 cm³/mol. The third-order valence-electron chi connectivity index (χ3n) is 4.07. The van der Waals surface area contributed by atoms with Gasteiger partial charge in [-0.05, 0) is 25.0 Å². The van der Waals surface area contributed by atoms with Crippen molar-refractivity contribution in [3.63, 3.8) is 0 Å². The van der Waals surface area contributed by atoms with Gasteiger partial charge < -0.3 is 19.8 Å². The third-order valence-corrected chi connectivity index (χ3v) is 4.07. The number of aliphatic imine (C=N–C) groups is 1. The lowest BCUT2D eigenvalue weighted by atomic mass is 10.3. The van der Waals surface area contributed by atoms with E-state index in [-0.39, 0.29) is 24.0 Å². The zero-order valence-electron chi connectivity index (χ0n) is 15.3. The lowest BCUT2D eigenvalue weighted by Crippen LogP contribution is -2.39. The lowest BCUT2D eigenvalue weighted by Gasteiger charge is -2.26. The molecule has 0 aromatic carbocycles. The van der Waals surface area contributed by atoms with Gasteiger partial charge in [-0.25, -0.2) is 0 Å². The maximum Gasteiger partial charge on any atom is 0.191 e. The maximum atomic E-state index is 5.38. The van der Waals surface area contributed by atoms with Crippen molar-refractivity contribution in [1.82, 2.24) is 15.5 Å². The summed E-state index contributed by atoms with van der Waals surface area (Å²) in [5, 5.41) is 6.81. The Morgan fingerprint density at radius 3 is 2.72 bits per heavy atom. The van der Waals surface area contributed by atoms with E-state index in [1.54, 1.807) is 6.26 Å². The van der Waals surface area contributed by atoms with Crippen LogP contribution in [-0.2, 0) is 11.2 Å². The second-order valence-electron chi connectivity index (χ2n) is 6.07. The van der Waals surface area contributed by atoms with Crippen LogP contribution in [0, 0.1) is 0 Å². The SMILES string of the molecule is CCCCNC(=NCCCN1CCOCC1)NCCc1ccco1.I. The van der Waals surface area contributed by atoms with Crippen LogP contribution in [0.1, 0.15) is 31.9 Å². The topological polar surface area (TPSA) is 62.0 Å². The van der Waals surface area contributed by atoms with Crippen LogP contribution in [0.2, 0.25) is 0 Å². The Kier molecular flexibility index (Phi) is 12.8. The number of hydrogen-bond acceptors (Lipinski definition) is 4. The van der Waals surface area contributed by atoms with Gasteiger partial charge in [-0.2, -0.15) is 0 Å². The van der Waals surface area contributed by atoms with Gasteiger partial charge in [0, 0.05) is 45.7 Å². The van der Waals surface area contributed by atoms with Crippen molar-refractivity contribution < 1.29 is 9.15 Å². The summed E-state index contributed by atoms with van der Waals surface area (Å²) in [5.74, 6) is 1.92. The molecule has 6 nitrogen and oxygen atoms in total. The average molecular weight is 464 g/mol. The number of nitrogens with one attached hydrogen (secondary N) is 2. The highest BCUT2D eigenvalue weighted by Gasteiger charge is 2.09. The molecule has 1 aliphatic heterocycles. The number of morpholine rings is 1. The van der Waals surface area contributed by atoms with Gasteiger partial charge in [-0.15, -0.1) is 24.0 Å². The quantitative estimate of drug-likeness (QED) is 0.241. The first-order chi connectivity index (χ1) is 11.9.